The van der Waals surface area contributed by atoms with Crippen LogP contribution in [0.1, 0.15) is 110 Å². The number of fused-ring (bicyclic) bond motifs is 2. The maximum Gasteiger partial charge on any atom is 0.200 e. The first kappa shape index (κ1) is 39.8. The zero-order valence-electron chi connectivity index (χ0n) is 34.4. The average molecular weight is 807 g/mol. The summed E-state index contributed by atoms with van der Waals surface area (Å²) in [7, 11) is 3.15. The Morgan fingerprint density at radius 2 is 1.56 bits per heavy atom. The Balaban J connectivity index is 1.04. The first-order valence-corrected chi connectivity index (χ1v) is 21.5. The molecule has 0 radical (unpaired) electrons. The highest BCUT2D eigenvalue weighted by Gasteiger charge is 2.49. The van der Waals surface area contributed by atoms with Gasteiger partial charge in [0.25, 0.3) is 0 Å². The van der Waals surface area contributed by atoms with Crippen LogP contribution in [0.4, 0.5) is 5.69 Å². The lowest BCUT2D eigenvalue weighted by Gasteiger charge is -2.49. The summed E-state index contributed by atoms with van der Waals surface area (Å²) in [5.74, 6) is 1.39. The smallest absolute Gasteiger partial charge is 0.200 e. The molecule has 0 saturated heterocycles. The van der Waals surface area contributed by atoms with Gasteiger partial charge in [-0.05, 0) is 92.1 Å². The van der Waals surface area contributed by atoms with E-state index in [-0.39, 0.29) is 55.1 Å². The number of aliphatic hydroxyl groups is 3. The fourth-order valence-electron chi connectivity index (χ4n) is 11.3. The molecule has 2 fully saturated rings. The normalized spacial score (nSPS) is 22.4. The quantitative estimate of drug-likeness (QED) is 0.0580. The van der Waals surface area contributed by atoms with Gasteiger partial charge >= 0.3 is 0 Å². The van der Waals surface area contributed by atoms with Crippen molar-refractivity contribution >= 4 is 5.69 Å². The van der Waals surface area contributed by atoms with Crippen molar-refractivity contribution in [2.75, 3.05) is 52.6 Å². The Morgan fingerprint density at radius 1 is 0.831 bits per heavy atom. The van der Waals surface area contributed by atoms with Crippen molar-refractivity contribution < 1.29 is 44.1 Å². The van der Waals surface area contributed by atoms with Gasteiger partial charge in [-0.25, -0.2) is 0 Å². The van der Waals surface area contributed by atoms with Crippen LogP contribution in [0.3, 0.4) is 0 Å². The van der Waals surface area contributed by atoms with Gasteiger partial charge in [0.05, 0.1) is 39.1 Å². The summed E-state index contributed by atoms with van der Waals surface area (Å²) in [6.45, 7) is 3.32. The van der Waals surface area contributed by atoms with Gasteiger partial charge in [-0.1, -0.05) is 50.1 Å². The summed E-state index contributed by atoms with van der Waals surface area (Å²) in [6, 6.07) is 17.8. The third kappa shape index (κ3) is 6.74. The zero-order valence-corrected chi connectivity index (χ0v) is 34.4. The third-order valence-electron chi connectivity index (χ3n) is 14.5. The number of anilines is 1. The summed E-state index contributed by atoms with van der Waals surface area (Å²) in [6.07, 6.45) is 8.69. The zero-order chi connectivity index (χ0) is 40.9. The van der Waals surface area contributed by atoms with Gasteiger partial charge in [-0.15, -0.1) is 0 Å². The van der Waals surface area contributed by atoms with E-state index in [1.54, 1.807) is 19.2 Å². The minimum Gasteiger partial charge on any atom is -0.502 e. The fraction of sp³-hybridized carbons (Fsp3) is 0.500. The SMILES string of the molecule is CCNCOc1cc(OC)c2c3c1[C@@H](O)Nc1cc4c(c(c1-3)CC2)[C@@H](O)[C@H](c1cc(OC)c(O)c(OC[C@H](CO)C2(c3ccccc3)CCC3(CCCC3)CC2)c1)CO4. The molecule has 4 aromatic carbocycles. The second-order valence-electron chi connectivity index (χ2n) is 17.3. The van der Waals surface area contributed by atoms with Crippen LogP contribution in [0.15, 0.2) is 54.6 Å². The lowest BCUT2D eigenvalue weighted by molar-refractivity contribution is 0.0353. The predicted octanol–water partition coefficient (Wildman–Crippen LogP) is 7.81. The molecular weight excluding hydrogens is 749 g/mol. The molecule has 0 bridgehead atoms. The topological polar surface area (TPSA) is 151 Å². The summed E-state index contributed by atoms with van der Waals surface area (Å²) in [4.78, 5) is 0. The minimum atomic E-state index is -1.03. The molecular formula is C48H58N2O9. The van der Waals surface area contributed by atoms with Gasteiger partial charge in [0.1, 0.15) is 24.0 Å². The molecule has 0 amide bonds. The highest BCUT2D eigenvalue weighted by Crippen LogP contribution is 2.59. The lowest BCUT2D eigenvalue weighted by atomic mass is 9.56. The monoisotopic (exact) mass is 806 g/mol. The van der Waals surface area contributed by atoms with E-state index >= 15 is 0 Å². The molecule has 11 nitrogen and oxygen atoms in total. The van der Waals surface area contributed by atoms with Gasteiger partial charge < -0.3 is 49.4 Å². The van der Waals surface area contributed by atoms with Crippen LogP contribution in [0.5, 0.6) is 34.5 Å². The molecule has 5 aliphatic rings. The molecule has 4 aromatic rings. The van der Waals surface area contributed by atoms with E-state index in [2.05, 4.69) is 34.9 Å². The van der Waals surface area contributed by atoms with Crippen LogP contribution in [-0.4, -0.2) is 67.7 Å². The fourth-order valence-corrected chi connectivity index (χ4v) is 11.3. The van der Waals surface area contributed by atoms with Gasteiger partial charge in [-0.3, -0.25) is 5.32 Å². The molecule has 314 valence electrons. The van der Waals surface area contributed by atoms with Crippen molar-refractivity contribution in [3.05, 3.63) is 88.0 Å². The number of aliphatic hydroxyl groups excluding tert-OH is 3. The van der Waals surface area contributed by atoms with Crippen LogP contribution in [0.25, 0.3) is 11.1 Å². The number of phenols is 1. The Morgan fingerprint density at radius 3 is 2.27 bits per heavy atom. The van der Waals surface area contributed by atoms with Gasteiger partial charge in [0.15, 0.2) is 17.7 Å². The predicted molar refractivity (Wildman–Crippen MR) is 225 cm³/mol. The molecule has 6 N–H and O–H groups in total. The summed E-state index contributed by atoms with van der Waals surface area (Å²) < 4.78 is 30.7. The van der Waals surface area contributed by atoms with Crippen LogP contribution in [0, 0.1) is 11.3 Å². The van der Waals surface area contributed by atoms with Crippen LogP contribution >= 0.6 is 0 Å². The van der Waals surface area contributed by atoms with E-state index < -0.39 is 18.2 Å². The average Bonchev–Trinajstić information content (AvgIpc) is 3.72. The largest absolute Gasteiger partial charge is 0.502 e. The lowest BCUT2D eigenvalue weighted by Crippen LogP contribution is -2.45. The number of hydrogen-bond donors (Lipinski definition) is 6. The first-order valence-electron chi connectivity index (χ1n) is 21.5. The number of hydrogen-bond acceptors (Lipinski definition) is 11. The van der Waals surface area contributed by atoms with Crippen molar-refractivity contribution in [1.82, 2.24) is 5.32 Å². The molecule has 2 aliphatic heterocycles. The van der Waals surface area contributed by atoms with E-state index in [0.717, 1.165) is 60.2 Å². The van der Waals surface area contributed by atoms with E-state index in [9.17, 15) is 20.4 Å². The summed E-state index contributed by atoms with van der Waals surface area (Å²) >= 11 is 0. The van der Waals surface area contributed by atoms with E-state index in [1.807, 2.05) is 25.1 Å². The van der Waals surface area contributed by atoms with E-state index in [0.29, 0.717) is 52.2 Å². The number of ether oxygens (including phenoxy) is 5. The molecule has 1 spiro atoms. The van der Waals surface area contributed by atoms with Gasteiger partial charge in [-0.2, -0.15) is 0 Å². The molecule has 2 heterocycles. The van der Waals surface area contributed by atoms with Crippen molar-refractivity contribution in [1.29, 1.82) is 0 Å². The Hall–Kier alpha value is -4.68. The molecule has 11 heteroatoms. The van der Waals surface area contributed by atoms with Crippen molar-refractivity contribution in [3.8, 4) is 45.6 Å². The van der Waals surface area contributed by atoms with Crippen LogP contribution in [-0.2, 0) is 18.3 Å². The Kier molecular flexibility index (Phi) is 10.8. The van der Waals surface area contributed by atoms with E-state index in [1.165, 1.54) is 38.4 Å². The molecule has 0 unspecified atom stereocenters. The molecule has 3 aliphatic carbocycles. The van der Waals surface area contributed by atoms with Crippen molar-refractivity contribution in [2.45, 2.75) is 94.8 Å². The number of phenolic OH excluding ortho intramolecular Hbond substituents is 1. The van der Waals surface area contributed by atoms with Crippen LogP contribution in [0.2, 0.25) is 0 Å². The van der Waals surface area contributed by atoms with Gasteiger partial charge in [0, 0.05) is 63.9 Å². The molecule has 4 atom stereocenters. The Labute approximate surface area is 346 Å². The molecule has 0 aromatic heterocycles. The molecule has 9 rings (SSSR count). The highest BCUT2D eigenvalue weighted by atomic mass is 16.5. The Bertz CT molecular complexity index is 2180. The van der Waals surface area contributed by atoms with Gasteiger partial charge in [0.2, 0.25) is 5.75 Å². The highest BCUT2D eigenvalue weighted by molar-refractivity contribution is 5.93. The maximum atomic E-state index is 12.4. The van der Waals surface area contributed by atoms with E-state index in [4.69, 9.17) is 23.7 Å². The molecule has 59 heavy (non-hydrogen) atoms. The molecule has 2 saturated carbocycles. The second kappa shape index (κ2) is 16.1. The number of aromatic hydroxyl groups is 1. The van der Waals surface area contributed by atoms with Crippen molar-refractivity contribution in [2.24, 2.45) is 11.3 Å². The standard InChI is InChI=1S/C48H58N2O9/c1-4-49-27-59-37-23-35(55-2)31-12-13-32-40-34(50-46(54)43(37)42(31)40)22-36-41(32)44(52)33(26-58-36)28-20-38(56-3)45(53)39(21-28)57-25-30(24-51)48(29-10-6-5-7-11-29)18-16-47(17-19-48)14-8-9-15-47/h5-7,10-11,20-23,30,33,44,46,49-54H,4,8-9,12-19,24-27H2,1-3H3/t30-,33-,44-,46+/m0/s1. The third-order valence-corrected chi connectivity index (χ3v) is 14.5. The number of benzene rings is 4. The summed E-state index contributed by atoms with van der Waals surface area (Å²) in [5, 5.41) is 52.9. The second-order valence-corrected chi connectivity index (χ2v) is 17.3. The first-order chi connectivity index (χ1) is 28.7. The minimum absolute atomic E-state index is 0.0512. The summed E-state index contributed by atoms with van der Waals surface area (Å²) in [5.41, 5.74) is 7.84. The maximum absolute atomic E-state index is 12.4. The number of rotatable bonds is 13. The number of nitrogens with one attached hydrogen (secondary N) is 2. The van der Waals surface area contributed by atoms with Crippen LogP contribution < -0.4 is 34.3 Å². The number of methoxy groups -OCH3 is 2. The van der Waals surface area contributed by atoms with Crippen molar-refractivity contribution in [3.63, 3.8) is 0 Å².